The summed E-state index contributed by atoms with van der Waals surface area (Å²) < 4.78 is 58.2. The standard InChI is InChI=1S/C21H22F4N2O3/c1-13-9-16(22)15(17(23)10-13)7-8-26-20(28)18(11-19(24)25)27-21(29)30-12-14-5-3-2-4-6-14/h2-6,9-10,18-19H,7-8,11-12H2,1H3,(H,26,28)(H,27,29). The van der Waals surface area contributed by atoms with Gasteiger partial charge in [0.1, 0.15) is 24.3 Å². The van der Waals surface area contributed by atoms with Gasteiger partial charge in [0.25, 0.3) is 0 Å². The first-order valence-electron chi connectivity index (χ1n) is 9.24. The summed E-state index contributed by atoms with van der Waals surface area (Å²) in [6, 6.07) is 9.43. The van der Waals surface area contributed by atoms with E-state index in [-0.39, 0.29) is 25.1 Å². The zero-order valence-electron chi connectivity index (χ0n) is 16.3. The van der Waals surface area contributed by atoms with Gasteiger partial charge in [0, 0.05) is 18.5 Å². The fourth-order valence-corrected chi connectivity index (χ4v) is 2.72. The topological polar surface area (TPSA) is 67.4 Å². The Morgan fingerprint density at radius 3 is 2.30 bits per heavy atom. The molecule has 0 heterocycles. The van der Waals surface area contributed by atoms with Gasteiger partial charge in [0.15, 0.2) is 0 Å². The molecule has 2 aromatic rings. The largest absolute Gasteiger partial charge is 0.445 e. The number of carbonyl (C=O) groups is 2. The van der Waals surface area contributed by atoms with Gasteiger partial charge in [-0.25, -0.2) is 22.4 Å². The molecule has 2 aromatic carbocycles. The fraction of sp³-hybridized carbons (Fsp3) is 0.333. The van der Waals surface area contributed by atoms with Gasteiger partial charge in [-0.05, 0) is 36.6 Å². The molecule has 0 fully saturated rings. The van der Waals surface area contributed by atoms with Crippen LogP contribution in [0, 0.1) is 18.6 Å². The molecular weight excluding hydrogens is 404 g/mol. The average Bonchev–Trinajstić information content (AvgIpc) is 2.68. The minimum atomic E-state index is -2.86. The Morgan fingerprint density at radius 1 is 1.07 bits per heavy atom. The first-order valence-corrected chi connectivity index (χ1v) is 9.24. The molecule has 1 atom stereocenters. The van der Waals surface area contributed by atoms with E-state index in [1.165, 1.54) is 6.92 Å². The quantitative estimate of drug-likeness (QED) is 0.598. The lowest BCUT2D eigenvalue weighted by Crippen LogP contribution is -2.48. The monoisotopic (exact) mass is 426 g/mol. The number of hydrogen-bond donors (Lipinski definition) is 2. The number of ether oxygens (including phenoxy) is 1. The normalized spacial score (nSPS) is 11.8. The van der Waals surface area contributed by atoms with Crippen molar-refractivity contribution in [3.05, 3.63) is 70.8 Å². The van der Waals surface area contributed by atoms with Crippen LogP contribution in [-0.2, 0) is 22.6 Å². The molecule has 0 aliphatic carbocycles. The molecule has 2 rings (SSSR count). The van der Waals surface area contributed by atoms with E-state index < -0.39 is 42.5 Å². The second kappa shape index (κ2) is 11.2. The molecule has 2 N–H and O–H groups in total. The molecule has 2 amide bonds. The van der Waals surface area contributed by atoms with Crippen LogP contribution >= 0.6 is 0 Å². The summed E-state index contributed by atoms with van der Waals surface area (Å²) in [4.78, 5) is 24.1. The number of aryl methyl sites for hydroxylation is 1. The average molecular weight is 426 g/mol. The van der Waals surface area contributed by atoms with Crippen molar-refractivity contribution in [2.75, 3.05) is 6.54 Å². The van der Waals surface area contributed by atoms with Crippen molar-refractivity contribution in [2.24, 2.45) is 0 Å². The summed E-state index contributed by atoms with van der Waals surface area (Å²) in [6.07, 6.45) is -5.00. The van der Waals surface area contributed by atoms with Crippen LogP contribution in [0.25, 0.3) is 0 Å². The number of halogens is 4. The second-order valence-corrected chi connectivity index (χ2v) is 6.63. The summed E-state index contributed by atoms with van der Waals surface area (Å²) >= 11 is 0. The van der Waals surface area contributed by atoms with E-state index in [2.05, 4.69) is 10.6 Å². The predicted octanol–water partition coefficient (Wildman–Crippen LogP) is 3.88. The van der Waals surface area contributed by atoms with Gasteiger partial charge >= 0.3 is 6.09 Å². The van der Waals surface area contributed by atoms with Gasteiger partial charge in [0.2, 0.25) is 12.3 Å². The Kier molecular flexibility index (Phi) is 8.64. The van der Waals surface area contributed by atoms with Crippen LogP contribution < -0.4 is 10.6 Å². The van der Waals surface area contributed by atoms with Crippen LogP contribution in [0.2, 0.25) is 0 Å². The summed E-state index contributed by atoms with van der Waals surface area (Å²) in [5.41, 5.74) is 0.874. The SMILES string of the molecule is Cc1cc(F)c(CCNC(=O)C(CC(F)F)NC(=O)OCc2ccccc2)c(F)c1. The molecule has 162 valence electrons. The number of alkyl halides is 2. The highest BCUT2D eigenvalue weighted by molar-refractivity contribution is 5.85. The molecule has 30 heavy (non-hydrogen) atoms. The molecule has 0 aliphatic heterocycles. The van der Waals surface area contributed by atoms with E-state index in [1.807, 2.05) is 0 Å². The minimum Gasteiger partial charge on any atom is -0.445 e. The molecule has 5 nitrogen and oxygen atoms in total. The van der Waals surface area contributed by atoms with Crippen LogP contribution in [0.5, 0.6) is 0 Å². The lowest BCUT2D eigenvalue weighted by atomic mass is 10.1. The van der Waals surface area contributed by atoms with Gasteiger partial charge in [-0.1, -0.05) is 30.3 Å². The third-order valence-electron chi connectivity index (χ3n) is 4.19. The maximum absolute atomic E-state index is 13.8. The Bertz CT molecular complexity index is 840. The van der Waals surface area contributed by atoms with Gasteiger partial charge < -0.3 is 15.4 Å². The lowest BCUT2D eigenvalue weighted by Gasteiger charge is -2.18. The maximum atomic E-state index is 13.8. The molecule has 9 heteroatoms. The summed E-state index contributed by atoms with van der Waals surface area (Å²) in [5.74, 6) is -2.41. The summed E-state index contributed by atoms with van der Waals surface area (Å²) in [6.45, 7) is 1.24. The number of benzene rings is 2. The summed E-state index contributed by atoms with van der Waals surface area (Å²) in [7, 11) is 0. The highest BCUT2D eigenvalue weighted by atomic mass is 19.3. The Labute approximate surface area is 171 Å². The zero-order chi connectivity index (χ0) is 22.1. The van der Waals surface area contributed by atoms with E-state index in [0.29, 0.717) is 11.1 Å². The molecule has 1 unspecified atom stereocenters. The Balaban J connectivity index is 1.89. The van der Waals surface area contributed by atoms with Crippen molar-refractivity contribution in [2.45, 2.75) is 38.8 Å². The van der Waals surface area contributed by atoms with Crippen molar-refractivity contribution in [3.8, 4) is 0 Å². The zero-order valence-corrected chi connectivity index (χ0v) is 16.3. The third kappa shape index (κ3) is 7.38. The van der Waals surface area contributed by atoms with Crippen molar-refractivity contribution in [3.63, 3.8) is 0 Å². The molecule has 0 radical (unpaired) electrons. The molecule has 0 spiro atoms. The number of rotatable bonds is 9. The molecule has 0 aromatic heterocycles. The van der Waals surface area contributed by atoms with Gasteiger partial charge in [-0.3, -0.25) is 4.79 Å². The van der Waals surface area contributed by atoms with Gasteiger partial charge in [0.05, 0.1) is 0 Å². The van der Waals surface area contributed by atoms with E-state index in [1.54, 1.807) is 30.3 Å². The third-order valence-corrected chi connectivity index (χ3v) is 4.19. The van der Waals surface area contributed by atoms with Gasteiger partial charge in [-0.2, -0.15) is 0 Å². The molecule has 0 aliphatic rings. The highest BCUT2D eigenvalue weighted by Crippen LogP contribution is 2.15. The molecular formula is C21H22F4N2O3. The number of hydrogen-bond acceptors (Lipinski definition) is 3. The fourth-order valence-electron chi connectivity index (χ4n) is 2.72. The van der Waals surface area contributed by atoms with E-state index in [4.69, 9.17) is 4.74 Å². The second-order valence-electron chi connectivity index (χ2n) is 6.63. The van der Waals surface area contributed by atoms with Gasteiger partial charge in [-0.15, -0.1) is 0 Å². The van der Waals surface area contributed by atoms with Crippen LogP contribution in [-0.4, -0.2) is 31.0 Å². The first-order chi connectivity index (χ1) is 14.3. The van der Waals surface area contributed by atoms with Crippen molar-refractivity contribution in [1.29, 1.82) is 0 Å². The van der Waals surface area contributed by atoms with Crippen molar-refractivity contribution in [1.82, 2.24) is 10.6 Å². The number of carbonyl (C=O) groups excluding carboxylic acids is 2. The van der Waals surface area contributed by atoms with Crippen LogP contribution in [0.4, 0.5) is 22.4 Å². The van der Waals surface area contributed by atoms with E-state index in [0.717, 1.165) is 12.1 Å². The smallest absolute Gasteiger partial charge is 0.408 e. The Morgan fingerprint density at radius 2 is 1.70 bits per heavy atom. The van der Waals surface area contributed by atoms with Crippen LogP contribution in [0.1, 0.15) is 23.1 Å². The van der Waals surface area contributed by atoms with Crippen molar-refractivity contribution < 1.29 is 31.9 Å². The number of alkyl carbamates (subject to hydrolysis) is 1. The molecule has 0 bridgehead atoms. The number of amides is 2. The van der Waals surface area contributed by atoms with Crippen LogP contribution in [0.15, 0.2) is 42.5 Å². The van der Waals surface area contributed by atoms with Crippen LogP contribution in [0.3, 0.4) is 0 Å². The predicted molar refractivity (Wildman–Crippen MR) is 102 cm³/mol. The Hall–Kier alpha value is -3.10. The first kappa shape index (κ1) is 23.2. The van der Waals surface area contributed by atoms with E-state index >= 15 is 0 Å². The highest BCUT2D eigenvalue weighted by Gasteiger charge is 2.25. The lowest BCUT2D eigenvalue weighted by molar-refractivity contribution is -0.124. The maximum Gasteiger partial charge on any atom is 0.408 e. The minimum absolute atomic E-state index is 0.0956. The molecule has 0 saturated heterocycles. The number of nitrogens with one attached hydrogen (secondary N) is 2. The summed E-state index contributed by atoms with van der Waals surface area (Å²) in [5, 5.41) is 4.40. The van der Waals surface area contributed by atoms with Crippen molar-refractivity contribution >= 4 is 12.0 Å². The molecule has 0 saturated carbocycles. The van der Waals surface area contributed by atoms with E-state index in [9.17, 15) is 27.2 Å².